The van der Waals surface area contributed by atoms with Crippen LogP contribution in [0.15, 0.2) is 67.8 Å². The summed E-state index contributed by atoms with van der Waals surface area (Å²) >= 11 is 3.93. The zero-order valence-electron chi connectivity index (χ0n) is 17.6. The van der Waals surface area contributed by atoms with Crippen molar-refractivity contribution in [3.63, 3.8) is 0 Å². The number of thioether (sulfide) groups is 1. The number of anilines is 1. The van der Waals surface area contributed by atoms with Crippen LogP contribution in [0.4, 0.5) is 13.9 Å². The average Bonchev–Trinajstić information content (AvgIpc) is 3.47. The third-order valence-electron chi connectivity index (χ3n) is 4.63. The Bertz CT molecular complexity index is 1160. The van der Waals surface area contributed by atoms with Crippen LogP contribution in [0.25, 0.3) is 0 Å². The Morgan fingerprint density at radius 3 is 2.67 bits per heavy atom. The van der Waals surface area contributed by atoms with E-state index in [-0.39, 0.29) is 17.7 Å². The van der Waals surface area contributed by atoms with Crippen molar-refractivity contribution in [1.82, 2.24) is 20.8 Å². The van der Waals surface area contributed by atoms with Crippen molar-refractivity contribution >= 4 is 52.2 Å². The number of benzene rings is 1. The molecule has 0 saturated heterocycles. The first-order chi connectivity index (χ1) is 15.8. The minimum Gasteiger partial charge on any atom is -0.309 e. The van der Waals surface area contributed by atoms with E-state index in [0.29, 0.717) is 15.1 Å². The molecule has 172 valence electrons. The Kier molecular flexibility index (Phi) is 6.98. The lowest BCUT2D eigenvalue weighted by Gasteiger charge is -2.20. The molecule has 0 fully saturated rings. The van der Waals surface area contributed by atoms with Gasteiger partial charge in [0.1, 0.15) is 17.1 Å². The second-order valence-corrected chi connectivity index (χ2v) is 10.5. The van der Waals surface area contributed by atoms with Gasteiger partial charge in [-0.2, -0.15) is 5.43 Å². The van der Waals surface area contributed by atoms with Gasteiger partial charge in [0.25, 0.3) is 11.8 Å². The summed E-state index contributed by atoms with van der Waals surface area (Å²) in [5.41, 5.74) is 6.02. The Hall–Kier alpha value is -2.54. The molecule has 1 unspecified atom stereocenters. The van der Waals surface area contributed by atoms with Crippen LogP contribution in [0.5, 0.6) is 0 Å². The standard InChI is InChI=1S/C21H20F2N6OS3/c1-3-21(22,23)13-4-6-14(7-5-13)32-15-8-9-16(33-20(2)25-12-26-29-20)27-17(15)18(30)28-19-24-10-11-31-19/h4-12,29H,3H2,1-2H3,(H,25,26)(H,24,28,30). The summed E-state index contributed by atoms with van der Waals surface area (Å²) in [5, 5.41) is 5.57. The van der Waals surface area contributed by atoms with Crippen molar-refractivity contribution in [2.24, 2.45) is 4.99 Å². The number of rotatable bonds is 8. The van der Waals surface area contributed by atoms with E-state index in [1.54, 1.807) is 42.2 Å². The molecule has 33 heavy (non-hydrogen) atoms. The second kappa shape index (κ2) is 9.75. The molecule has 1 aliphatic rings. The van der Waals surface area contributed by atoms with Crippen molar-refractivity contribution in [3.05, 3.63) is 59.2 Å². The van der Waals surface area contributed by atoms with Crippen molar-refractivity contribution in [3.8, 4) is 0 Å². The van der Waals surface area contributed by atoms with Gasteiger partial charge in [-0.3, -0.25) is 10.1 Å². The summed E-state index contributed by atoms with van der Waals surface area (Å²) in [4.78, 5) is 26.7. The molecule has 0 spiro atoms. The molecule has 12 heteroatoms. The molecule has 0 radical (unpaired) electrons. The van der Waals surface area contributed by atoms with Gasteiger partial charge >= 0.3 is 0 Å². The Morgan fingerprint density at radius 2 is 2.03 bits per heavy atom. The van der Waals surface area contributed by atoms with Crippen LogP contribution < -0.4 is 16.2 Å². The maximum atomic E-state index is 13.9. The summed E-state index contributed by atoms with van der Waals surface area (Å²) < 4.78 is 27.9. The molecule has 1 aliphatic heterocycles. The maximum Gasteiger partial charge on any atom is 0.277 e. The number of nitrogens with one attached hydrogen (secondary N) is 3. The molecule has 3 N–H and O–H groups in total. The zero-order chi connectivity index (χ0) is 23.5. The highest BCUT2D eigenvalue weighted by molar-refractivity contribution is 8.00. The Labute approximate surface area is 201 Å². The summed E-state index contributed by atoms with van der Waals surface area (Å²) in [6.07, 6.45) is 2.89. The lowest BCUT2D eigenvalue weighted by Crippen LogP contribution is -2.39. The number of hydrazine groups is 1. The summed E-state index contributed by atoms with van der Waals surface area (Å²) in [5.74, 6) is -3.28. The number of carbonyl (C=O) groups excluding carboxylic acids is 1. The van der Waals surface area contributed by atoms with Crippen LogP contribution in [0.1, 0.15) is 36.3 Å². The Morgan fingerprint density at radius 1 is 1.24 bits per heavy atom. The van der Waals surface area contributed by atoms with E-state index in [9.17, 15) is 13.6 Å². The lowest BCUT2D eigenvalue weighted by atomic mass is 10.1. The van der Waals surface area contributed by atoms with E-state index in [4.69, 9.17) is 0 Å². The molecule has 3 aromatic rings. The number of carbonyl (C=O) groups is 1. The molecule has 0 saturated carbocycles. The fraction of sp³-hybridized carbons (Fsp3) is 0.238. The van der Waals surface area contributed by atoms with Crippen molar-refractivity contribution in [2.75, 3.05) is 5.32 Å². The summed E-state index contributed by atoms with van der Waals surface area (Å²) in [6, 6.07) is 9.67. The van der Waals surface area contributed by atoms with Crippen LogP contribution in [-0.4, -0.2) is 27.2 Å². The molecule has 4 rings (SSSR count). The van der Waals surface area contributed by atoms with Crippen LogP contribution >= 0.6 is 34.9 Å². The van der Waals surface area contributed by atoms with Crippen LogP contribution in [0.3, 0.4) is 0 Å². The normalized spacial score (nSPS) is 17.7. The number of hydrogen-bond donors (Lipinski definition) is 3. The Balaban J connectivity index is 1.61. The van der Waals surface area contributed by atoms with E-state index in [1.165, 1.54) is 53.9 Å². The molecule has 1 atom stereocenters. The van der Waals surface area contributed by atoms with Gasteiger partial charge in [-0.15, -0.1) is 11.3 Å². The first-order valence-corrected chi connectivity index (χ1v) is 12.4. The molecule has 3 heterocycles. The molecule has 0 aliphatic carbocycles. The number of aliphatic imine (C=N–C) groups is 1. The first-order valence-electron chi connectivity index (χ1n) is 9.91. The van der Waals surface area contributed by atoms with Gasteiger partial charge in [0, 0.05) is 33.4 Å². The highest BCUT2D eigenvalue weighted by atomic mass is 32.2. The van der Waals surface area contributed by atoms with E-state index < -0.39 is 16.8 Å². The predicted octanol–water partition coefficient (Wildman–Crippen LogP) is 5.35. The van der Waals surface area contributed by atoms with E-state index in [1.807, 2.05) is 6.92 Å². The minimum atomic E-state index is -2.87. The van der Waals surface area contributed by atoms with Crippen molar-refractivity contribution in [1.29, 1.82) is 0 Å². The number of amides is 1. The first kappa shape index (κ1) is 23.6. The largest absolute Gasteiger partial charge is 0.309 e. The van der Waals surface area contributed by atoms with Gasteiger partial charge in [0.05, 0.1) is 0 Å². The average molecular weight is 507 g/mol. The monoisotopic (exact) mass is 506 g/mol. The number of aromatic nitrogens is 2. The van der Waals surface area contributed by atoms with E-state index in [0.717, 1.165) is 4.90 Å². The number of nitrogens with zero attached hydrogens (tertiary/aromatic N) is 3. The maximum absolute atomic E-state index is 13.9. The second-order valence-electron chi connectivity index (χ2n) is 7.08. The summed E-state index contributed by atoms with van der Waals surface area (Å²) in [6.45, 7) is 3.32. The zero-order valence-corrected chi connectivity index (χ0v) is 20.1. The minimum absolute atomic E-state index is 0.0348. The van der Waals surface area contributed by atoms with Gasteiger partial charge in [-0.1, -0.05) is 42.6 Å². The number of halogens is 2. The third kappa shape index (κ3) is 5.69. The molecule has 1 amide bonds. The quantitative estimate of drug-likeness (QED) is 0.380. The van der Waals surface area contributed by atoms with Crippen LogP contribution in [0, 0.1) is 0 Å². The van der Waals surface area contributed by atoms with Crippen LogP contribution in [-0.2, 0) is 5.92 Å². The fourth-order valence-electron chi connectivity index (χ4n) is 2.88. The number of thiazole rings is 1. The van der Waals surface area contributed by atoms with Gasteiger partial charge in [-0.05, 0) is 31.2 Å². The molecular weight excluding hydrogens is 486 g/mol. The third-order valence-corrected chi connectivity index (χ3v) is 7.42. The number of pyridine rings is 1. The van der Waals surface area contributed by atoms with Crippen LogP contribution in [0.2, 0.25) is 0 Å². The highest BCUT2D eigenvalue weighted by Gasteiger charge is 2.29. The van der Waals surface area contributed by atoms with Crippen molar-refractivity contribution in [2.45, 2.75) is 46.0 Å². The van der Waals surface area contributed by atoms with Crippen molar-refractivity contribution < 1.29 is 13.6 Å². The lowest BCUT2D eigenvalue weighted by molar-refractivity contribution is -0.00833. The predicted molar refractivity (Wildman–Crippen MR) is 128 cm³/mol. The van der Waals surface area contributed by atoms with Gasteiger partial charge in [0.2, 0.25) is 0 Å². The topological polar surface area (TPSA) is 91.3 Å². The highest BCUT2D eigenvalue weighted by Crippen LogP contribution is 2.37. The molecule has 1 aromatic carbocycles. The van der Waals surface area contributed by atoms with Gasteiger partial charge in [-0.25, -0.2) is 23.7 Å². The SMILES string of the molecule is CCC(F)(F)c1ccc(Sc2ccc(SC3(C)N=CNN3)nc2C(=O)Nc2nccs2)cc1. The fourth-order valence-corrected chi connectivity index (χ4v) is 5.20. The van der Waals surface area contributed by atoms with Gasteiger partial charge < -0.3 is 5.43 Å². The molecule has 0 bridgehead atoms. The molecule has 7 nitrogen and oxygen atoms in total. The van der Waals surface area contributed by atoms with Gasteiger partial charge in [0.15, 0.2) is 10.1 Å². The number of alkyl halides is 2. The van der Waals surface area contributed by atoms with E-state index >= 15 is 0 Å². The number of hydrogen-bond acceptors (Lipinski definition) is 9. The molecular formula is C21H20F2N6OS3. The smallest absolute Gasteiger partial charge is 0.277 e. The molecule has 2 aromatic heterocycles. The summed E-state index contributed by atoms with van der Waals surface area (Å²) in [7, 11) is 0. The van der Waals surface area contributed by atoms with E-state index in [2.05, 4.69) is 31.1 Å².